The fourth-order valence-electron chi connectivity index (χ4n) is 2.81. The summed E-state index contributed by atoms with van der Waals surface area (Å²) in [4.78, 5) is 27.6. The van der Waals surface area contributed by atoms with Gasteiger partial charge in [-0.05, 0) is 49.9 Å². The lowest BCUT2D eigenvalue weighted by molar-refractivity contribution is -0.125. The molecule has 0 bridgehead atoms. The molecule has 1 heterocycles. The predicted octanol–water partition coefficient (Wildman–Crippen LogP) is 4.18. The summed E-state index contributed by atoms with van der Waals surface area (Å²) in [6.07, 6.45) is 1.74. The highest BCUT2D eigenvalue weighted by molar-refractivity contribution is 8.00. The third-order valence-corrected chi connectivity index (χ3v) is 5.96. The quantitative estimate of drug-likeness (QED) is 0.802. The summed E-state index contributed by atoms with van der Waals surface area (Å²) >= 11 is 7.63. The zero-order chi connectivity index (χ0) is 18.6. The largest absolute Gasteiger partial charge is 0.352 e. The summed E-state index contributed by atoms with van der Waals surface area (Å²) in [5.41, 5.74) is 0.571. The number of rotatable bonds is 6. The average molecular weight is 383 g/mol. The maximum atomic E-state index is 13.1. The van der Waals surface area contributed by atoms with E-state index in [4.69, 9.17) is 11.6 Å². The molecule has 0 aromatic heterocycles. The lowest BCUT2D eigenvalue weighted by atomic mass is 10.1. The summed E-state index contributed by atoms with van der Waals surface area (Å²) in [5, 5.41) is 3.64. The summed E-state index contributed by atoms with van der Waals surface area (Å²) in [6, 6.07) is 6.56. The van der Waals surface area contributed by atoms with Crippen molar-refractivity contribution >= 4 is 35.2 Å². The highest BCUT2D eigenvalue weighted by atomic mass is 35.5. The molecule has 1 aliphatic heterocycles. The number of nitrogens with zero attached hydrogens (tertiary/aromatic N) is 1. The van der Waals surface area contributed by atoms with Crippen molar-refractivity contribution in [2.75, 3.05) is 5.75 Å². The zero-order valence-electron chi connectivity index (χ0n) is 15.3. The smallest absolute Gasteiger partial charge is 0.255 e. The molecule has 3 unspecified atom stereocenters. The summed E-state index contributed by atoms with van der Waals surface area (Å²) in [5.74, 6) is 0.931. The number of hydrogen-bond acceptors (Lipinski definition) is 3. The molecule has 138 valence electrons. The van der Waals surface area contributed by atoms with E-state index in [1.54, 1.807) is 40.9 Å². The molecular formula is C19H27ClN2O2S. The van der Waals surface area contributed by atoms with Crippen molar-refractivity contribution in [2.24, 2.45) is 5.92 Å². The zero-order valence-corrected chi connectivity index (χ0v) is 16.9. The molecule has 0 radical (unpaired) electrons. The molecule has 25 heavy (non-hydrogen) atoms. The Kier molecular flexibility index (Phi) is 7.20. The average Bonchev–Trinajstić information content (AvgIpc) is 2.97. The number of halogens is 1. The lowest BCUT2D eigenvalue weighted by Gasteiger charge is -2.30. The maximum Gasteiger partial charge on any atom is 0.255 e. The van der Waals surface area contributed by atoms with Gasteiger partial charge in [0.15, 0.2) is 0 Å². The van der Waals surface area contributed by atoms with Crippen molar-refractivity contribution in [2.45, 2.75) is 58.0 Å². The van der Waals surface area contributed by atoms with E-state index in [-0.39, 0.29) is 23.2 Å². The number of thioether (sulfide) groups is 1. The number of hydrogen-bond donors (Lipinski definition) is 1. The Hall–Kier alpha value is -1.20. The number of amides is 2. The van der Waals surface area contributed by atoms with Crippen molar-refractivity contribution in [1.82, 2.24) is 10.2 Å². The van der Waals surface area contributed by atoms with Gasteiger partial charge >= 0.3 is 0 Å². The number of benzene rings is 1. The molecule has 0 saturated carbocycles. The molecule has 1 N–H and O–H groups in total. The molecular weight excluding hydrogens is 356 g/mol. The second-order valence-corrected chi connectivity index (χ2v) is 8.62. The number of carbonyl (C=O) groups excluding carboxylic acids is 2. The van der Waals surface area contributed by atoms with Gasteiger partial charge in [-0.2, -0.15) is 0 Å². The highest BCUT2D eigenvalue weighted by Gasteiger charge is 2.42. The van der Waals surface area contributed by atoms with Crippen LogP contribution in [0.3, 0.4) is 0 Å². The van der Waals surface area contributed by atoms with Gasteiger partial charge in [-0.15, -0.1) is 11.8 Å². The second kappa shape index (κ2) is 8.95. The highest BCUT2D eigenvalue weighted by Crippen LogP contribution is 2.35. The Morgan fingerprint density at radius 1 is 1.28 bits per heavy atom. The number of carbonyl (C=O) groups is 2. The van der Waals surface area contributed by atoms with E-state index in [0.717, 1.165) is 12.8 Å². The molecule has 6 heteroatoms. The Morgan fingerprint density at radius 2 is 1.92 bits per heavy atom. The summed E-state index contributed by atoms with van der Waals surface area (Å²) < 4.78 is 0. The van der Waals surface area contributed by atoms with E-state index in [9.17, 15) is 9.59 Å². The van der Waals surface area contributed by atoms with Gasteiger partial charge in [0.2, 0.25) is 5.91 Å². The second-order valence-electron chi connectivity index (χ2n) is 6.97. The minimum atomic E-state index is -0.425. The van der Waals surface area contributed by atoms with Crippen LogP contribution in [0.2, 0.25) is 5.02 Å². The molecule has 1 aromatic carbocycles. The van der Waals surface area contributed by atoms with Crippen LogP contribution < -0.4 is 5.32 Å². The Morgan fingerprint density at radius 3 is 2.48 bits per heavy atom. The number of nitrogens with one attached hydrogen (secondary N) is 1. The molecule has 2 rings (SSSR count). The first-order chi connectivity index (χ1) is 11.8. The molecule has 2 amide bonds. The third kappa shape index (κ3) is 5.14. The molecule has 0 spiro atoms. The standard InChI is InChI=1S/C19H27ClN2O2S/c1-5-13(4)21-18(23)16-11-25-17(10-12(2)3)22(16)19(24)14-6-8-15(20)9-7-14/h6-9,12-13,16-17H,5,10-11H2,1-4H3,(H,21,23). The van der Waals surface area contributed by atoms with Crippen molar-refractivity contribution < 1.29 is 9.59 Å². The van der Waals surface area contributed by atoms with Crippen LogP contribution in [0, 0.1) is 5.92 Å². The maximum absolute atomic E-state index is 13.1. The van der Waals surface area contributed by atoms with E-state index in [1.165, 1.54) is 0 Å². The van der Waals surface area contributed by atoms with Gasteiger partial charge < -0.3 is 10.2 Å². The van der Waals surface area contributed by atoms with Crippen LogP contribution in [0.5, 0.6) is 0 Å². The van der Waals surface area contributed by atoms with Gasteiger partial charge in [0.05, 0.1) is 5.37 Å². The van der Waals surface area contributed by atoms with Gasteiger partial charge in [0.25, 0.3) is 5.91 Å². The lowest BCUT2D eigenvalue weighted by Crippen LogP contribution is -2.51. The van der Waals surface area contributed by atoms with Crippen LogP contribution in [0.1, 0.15) is 50.9 Å². The van der Waals surface area contributed by atoms with Gasteiger partial charge in [0.1, 0.15) is 6.04 Å². The summed E-state index contributed by atoms with van der Waals surface area (Å²) in [6.45, 7) is 8.29. The fourth-order valence-corrected chi connectivity index (χ4v) is 4.57. The van der Waals surface area contributed by atoms with Gasteiger partial charge in [-0.25, -0.2) is 0 Å². The van der Waals surface area contributed by atoms with Crippen LogP contribution >= 0.6 is 23.4 Å². The first kappa shape index (κ1) is 20.1. The van der Waals surface area contributed by atoms with Crippen molar-refractivity contribution in [3.8, 4) is 0 Å². The molecule has 1 aliphatic rings. The van der Waals surface area contributed by atoms with Crippen LogP contribution in [0.15, 0.2) is 24.3 Å². The molecule has 4 nitrogen and oxygen atoms in total. The first-order valence-electron chi connectivity index (χ1n) is 8.83. The van der Waals surface area contributed by atoms with E-state index >= 15 is 0 Å². The van der Waals surface area contributed by atoms with Crippen LogP contribution in [0.25, 0.3) is 0 Å². The topological polar surface area (TPSA) is 49.4 Å². The monoisotopic (exact) mass is 382 g/mol. The van der Waals surface area contributed by atoms with E-state index in [0.29, 0.717) is 22.3 Å². The van der Waals surface area contributed by atoms with Crippen LogP contribution in [0.4, 0.5) is 0 Å². The Balaban J connectivity index is 2.25. The SMILES string of the molecule is CCC(C)NC(=O)C1CSC(CC(C)C)N1C(=O)c1ccc(Cl)cc1. The van der Waals surface area contributed by atoms with Gasteiger partial charge in [-0.3, -0.25) is 9.59 Å². The summed E-state index contributed by atoms with van der Waals surface area (Å²) in [7, 11) is 0. The van der Waals surface area contributed by atoms with Crippen molar-refractivity contribution in [3.63, 3.8) is 0 Å². The molecule has 0 aliphatic carbocycles. The van der Waals surface area contributed by atoms with Crippen molar-refractivity contribution in [3.05, 3.63) is 34.9 Å². The molecule has 1 aromatic rings. The van der Waals surface area contributed by atoms with E-state index < -0.39 is 6.04 Å². The fraction of sp³-hybridized carbons (Fsp3) is 0.579. The minimum Gasteiger partial charge on any atom is -0.352 e. The normalized spacial score (nSPS) is 21.4. The molecule has 3 atom stereocenters. The van der Waals surface area contributed by atoms with Crippen LogP contribution in [-0.2, 0) is 4.79 Å². The van der Waals surface area contributed by atoms with Gasteiger partial charge in [0, 0.05) is 22.4 Å². The minimum absolute atomic E-state index is 0.0239. The molecule has 1 fully saturated rings. The van der Waals surface area contributed by atoms with Crippen molar-refractivity contribution in [1.29, 1.82) is 0 Å². The van der Waals surface area contributed by atoms with Crippen LogP contribution in [-0.4, -0.2) is 39.9 Å². The van der Waals surface area contributed by atoms with Gasteiger partial charge in [-0.1, -0.05) is 32.4 Å². The predicted molar refractivity (Wildman–Crippen MR) is 105 cm³/mol. The van der Waals surface area contributed by atoms with E-state index in [2.05, 4.69) is 19.2 Å². The third-order valence-electron chi connectivity index (χ3n) is 4.39. The Labute approximate surface area is 159 Å². The Bertz CT molecular complexity index is 606. The molecule has 1 saturated heterocycles. The first-order valence-corrected chi connectivity index (χ1v) is 10.3. The van der Waals surface area contributed by atoms with E-state index in [1.807, 2.05) is 13.8 Å².